The standard InChI is InChI=1S/C19H25NO6/c1-13-11-16(21)18(22)19(2,3)12-17(13)26-25-10-4-5-14-6-8-15(9-7-14)20(23)24/h4-9,11,16-18,21-22H,10,12H2,1-3H3. The summed E-state index contributed by atoms with van der Waals surface area (Å²) in [5.41, 5.74) is 1.15. The normalized spacial score (nSPS) is 25.7. The number of nitro groups is 1. The summed E-state index contributed by atoms with van der Waals surface area (Å²) in [5, 5.41) is 30.8. The Morgan fingerprint density at radius 1 is 1.31 bits per heavy atom. The third-order valence-electron chi connectivity index (χ3n) is 4.54. The number of nitro benzene ring substituents is 1. The van der Waals surface area contributed by atoms with Gasteiger partial charge in [-0.3, -0.25) is 10.1 Å². The third kappa shape index (κ3) is 5.22. The van der Waals surface area contributed by atoms with Gasteiger partial charge in [0.15, 0.2) is 0 Å². The number of non-ortho nitro benzene ring substituents is 1. The van der Waals surface area contributed by atoms with Crippen LogP contribution in [0.1, 0.15) is 32.8 Å². The molecule has 0 aromatic heterocycles. The lowest BCUT2D eigenvalue weighted by molar-refractivity contribution is -0.384. The summed E-state index contributed by atoms with van der Waals surface area (Å²) in [7, 11) is 0. The molecule has 0 heterocycles. The van der Waals surface area contributed by atoms with Crippen LogP contribution in [0, 0.1) is 15.5 Å². The first-order valence-corrected chi connectivity index (χ1v) is 8.44. The highest BCUT2D eigenvalue weighted by molar-refractivity contribution is 5.51. The van der Waals surface area contributed by atoms with E-state index in [0.29, 0.717) is 6.42 Å². The fourth-order valence-electron chi connectivity index (χ4n) is 2.85. The van der Waals surface area contributed by atoms with Crippen molar-refractivity contribution in [3.8, 4) is 0 Å². The zero-order valence-electron chi connectivity index (χ0n) is 15.2. The Hall–Kier alpha value is -2.06. The van der Waals surface area contributed by atoms with Crippen molar-refractivity contribution in [2.75, 3.05) is 6.61 Å². The summed E-state index contributed by atoms with van der Waals surface area (Å²) in [6.45, 7) is 5.78. The number of rotatable bonds is 6. The van der Waals surface area contributed by atoms with Gasteiger partial charge in [-0.25, -0.2) is 9.78 Å². The molecule has 0 amide bonds. The fraction of sp³-hybridized carbons (Fsp3) is 0.474. The lowest BCUT2D eigenvalue weighted by Crippen LogP contribution is -2.38. The van der Waals surface area contributed by atoms with Crippen LogP contribution in [0.3, 0.4) is 0 Å². The van der Waals surface area contributed by atoms with Gasteiger partial charge in [-0.2, -0.15) is 0 Å². The Balaban J connectivity index is 1.86. The van der Waals surface area contributed by atoms with Crippen molar-refractivity contribution in [2.24, 2.45) is 5.41 Å². The van der Waals surface area contributed by atoms with Crippen molar-refractivity contribution in [1.29, 1.82) is 0 Å². The Labute approximate surface area is 152 Å². The van der Waals surface area contributed by atoms with E-state index in [1.807, 2.05) is 20.8 Å². The van der Waals surface area contributed by atoms with E-state index in [2.05, 4.69) is 0 Å². The molecule has 3 atom stereocenters. The first-order chi connectivity index (χ1) is 12.2. The first-order valence-electron chi connectivity index (χ1n) is 8.44. The average Bonchev–Trinajstić information content (AvgIpc) is 2.65. The van der Waals surface area contributed by atoms with E-state index in [0.717, 1.165) is 11.1 Å². The maximum Gasteiger partial charge on any atom is 0.269 e. The molecule has 0 radical (unpaired) electrons. The van der Waals surface area contributed by atoms with E-state index in [1.54, 1.807) is 30.4 Å². The van der Waals surface area contributed by atoms with Gasteiger partial charge in [-0.1, -0.05) is 32.1 Å². The fourth-order valence-corrected chi connectivity index (χ4v) is 2.85. The van der Waals surface area contributed by atoms with E-state index < -0.39 is 22.5 Å². The number of aliphatic hydroxyl groups excluding tert-OH is 2. The number of benzene rings is 1. The molecule has 0 bridgehead atoms. The average molecular weight is 363 g/mol. The molecule has 142 valence electrons. The van der Waals surface area contributed by atoms with Gasteiger partial charge in [-0.05, 0) is 42.0 Å². The minimum atomic E-state index is -0.930. The maximum atomic E-state index is 10.6. The molecule has 0 saturated heterocycles. The molecular formula is C19H25NO6. The van der Waals surface area contributed by atoms with Crippen molar-refractivity contribution >= 4 is 11.8 Å². The van der Waals surface area contributed by atoms with Crippen LogP contribution in [0.5, 0.6) is 0 Å². The molecule has 0 fully saturated rings. The van der Waals surface area contributed by atoms with Gasteiger partial charge >= 0.3 is 0 Å². The minimum Gasteiger partial charge on any atom is -0.390 e. The number of hydrogen-bond acceptors (Lipinski definition) is 6. The Bertz CT molecular complexity index is 680. The van der Waals surface area contributed by atoms with Gasteiger partial charge in [0.1, 0.15) is 12.7 Å². The lowest BCUT2D eigenvalue weighted by Gasteiger charge is -2.32. The van der Waals surface area contributed by atoms with Gasteiger partial charge < -0.3 is 10.2 Å². The van der Waals surface area contributed by atoms with E-state index in [4.69, 9.17) is 9.78 Å². The van der Waals surface area contributed by atoms with Crippen LogP contribution in [0.4, 0.5) is 5.69 Å². The molecule has 1 aliphatic rings. The molecule has 2 N–H and O–H groups in total. The zero-order chi connectivity index (χ0) is 19.3. The van der Waals surface area contributed by atoms with Crippen molar-refractivity contribution in [3.05, 3.63) is 57.7 Å². The molecule has 7 nitrogen and oxygen atoms in total. The third-order valence-corrected chi connectivity index (χ3v) is 4.54. The van der Waals surface area contributed by atoms with Gasteiger partial charge in [0.25, 0.3) is 5.69 Å². The molecular weight excluding hydrogens is 338 g/mol. The molecule has 0 spiro atoms. The van der Waals surface area contributed by atoms with Crippen LogP contribution < -0.4 is 0 Å². The highest BCUT2D eigenvalue weighted by atomic mass is 17.2. The SMILES string of the molecule is CC1=CC(O)C(O)C(C)(C)CC1OOCC=Cc1ccc([N+](=O)[O-])cc1. The van der Waals surface area contributed by atoms with E-state index in [-0.39, 0.29) is 18.4 Å². The van der Waals surface area contributed by atoms with Crippen LogP contribution in [0.15, 0.2) is 42.0 Å². The molecule has 1 aliphatic carbocycles. The molecule has 7 heteroatoms. The molecule has 1 aromatic rings. The maximum absolute atomic E-state index is 10.6. The van der Waals surface area contributed by atoms with Crippen molar-refractivity contribution < 1.29 is 24.9 Å². The Morgan fingerprint density at radius 3 is 2.58 bits per heavy atom. The predicted molar refractivity (Wildman–Crippen MR) is 97.1 cm³/mol. The van der Waals surface area contributed by atoms with Gasteiger partial charge in [-0.15, -0.1) is 0 Å². The summed E-state index contributed by atoms with van der Waals surface area (Å²) in [6.07, 6.45) is 3.48. The second-order valence-electron chi connectivity index (χ2n) is 7.16. The van der Waals surface area contributed by atoms with Gasteiger partial charge in [0, 0.05) is 12.1 Å². The zero-order valence-corrected chi connectivity index (χ0v) is 15.2. The number of aliphatic hydroxyl groups is 2. The first kappa shape index (κ1) is 20.3. The second-order valence-corrected chi connectivity index (χ2v) is 7.16. The molecule has 26 heavy (non-hydrogen) atoms. The van der Waals surface area contributed by atoms with Crippen LogP contribution in [-0.4, -0.2) is 40.1 Å². The summed E-state index contributed by atoms with van der Waals surface area (Å²) in [5.74, 6) is 0. The minimum absolute atomic E-state index is 0.0457. The van der Waals surface area contributed by atoms with Crippen LogP contribution in [0.2, 0.25) is 0 Å². The lowest BCUT2D eigenvalue weighted by atomic mass is 9.80. The summed E-state index contributed by atoms with van der Waals surface area (Å²) < 4.78 is 0. The van der Waals surface area contributed by atoms with E-state index in [9.17, 15) is 20.3 Å². The van der Waals surface area contributed by atoms with E-state index in [1.165, 1.54) is 12.1 Å². The monoisotopic (exact) mass is 363 g/mol. The van der Waals surface area contributed by atoms with Gasteiger partial charge in [0.05, 0.1) is 17.1 Å². The highest BCUT2D eigenvalue weighted by Gasteiger charge is 2.38. The van der Waals surface area contributed by atoms with E-state index >= 15 is 0 Å². The van der Waals surface area contributed by atoms with Crippen LogP contribution >= 0.6 is 0 Å². The summed E-state index contributed by atoms with van der Waals surface area (Å²) in [4.78, 5) is 20.9. The topological polar surface area (TPSA) is 102 Å². The van der Waals surface area contributed by atoms with Crippen LogP contribution in [0.25, 0.3) is 6.08 Å². The molecule has 2 rings (SSSR count). The Morgan fingerprint density at radius 2 is 1.96 bits per heavy atom. The number of hydrogen-bond donors (Lipinski definition) is 2. The molecule has 3 unspecified atom stereocenters. The molecule has 0 aliphatic heterocycles. The van der Waals surface area contributed by atoms with Crippen molar-refractivity contribution in [3.63, 3.8) is 0 Å². The van der Waals surface area contributed by atoms with Crippen LogP contribution in [-0.2, 0) is 9.78 Å². The second kappa shape index (κ2) is 8.55. The summed E-state index contributed by atoms with van der Waals surface area (Å²) in [6, 6.07) is 6.18. The Kier molecular flexibility index (Phi) is 6.66. The van der Waals surface area contributed by atoms with Crippen molar-refractivity contribution in [1.82, 2.24) is 0 Å². The smallest absolute Gasteiger partial charge is 0.269 e. The van der Waals surface area contributed by atoms with Crippen molar-refractivity contribution in [2.45, 2.75) is 45.5 Å². The quantitative estimate of drug-likeness (QED) is 0.265. The predicted octanol–water partition coefficient (Wildman–Crippen LogP) is 3.02. The molecule has 0 saturated carbocycles. The number of nitrogens with zero attached hydrogens (tertiary/aromatic N) is 1. The van der Waals surface area contributed by atoms with Gasteiger partial charge in [0.2, 0.25) is 0 Å². The largest absolute Gasteiger partial charge is 0.390 e. The highest BCUT2D eigenvalue weighted by Crippen LogP contribution is 2.35. The summed E-state index contributed by atoms with van der Waals surface area (Å²) >= 11 is 0. The molecule has 1 aromatic carbocycles.